The Morgan fingerprint density at radius 2 is 2.00 bits per heavy atom. The van der Waals surface area contributed by atoms with Crippen molar-refractivity contribution >= 4 is 0 Å². The van der Waals surface area contributed by atoms with Crippen LogP contribution in [0.15, 0.2) is 24.4 Å². The van der Waals surface area contributed by atoms with E-state index >= 15 is 0 Å². The highest BCUT2D eigenvalue weighted by molar-refractivity contribution is 5.69. The number of aryl methyl sites for hydroxylation is 3. The number of nitrogens with two attached hydrogens (primary N) is 1. The number of nitrogens with zero attached hydrogens (tertiary/aromatic N) is 2. The molecular formula is C14H19N3. The Bertz CT molecular complexity index is 526. The summed E-state index contributed by atoms with van der Waals surface area (Å²) in [6.45, 7) is 4.90. The van der Waals surface area contributed by atoms with E-state index in [1.165, 1.54) is 27.9 Å². The van der Waals surface area contributed by atoms with E-state index in [4.69, 9.17) is 5.73 Å². The van der Waals surface area contributed by atoms with Gasteiger partial charge in [0.2, 0.25) is 0 Å². The van der Waals surface area contributed by atoms with Crippen LogP contribution in [0, 0.1) is 13.8 Å². The number of hydrogen-bond acceptors (Lipinski definition) is 2. The topological polar surface area (TPSA) is 43.8 Å². The maximum absolute atomic E-state index is 5.66. The SMILES string of the molecule is Cc1ccc(C)c(-c2cnn(C)c2CCN)c1. The second kappa shape index (κ2) is 4.72. The summed E-state index contributed by atoms with van der Waals surface area (Å²) in [6.07, 6.45) is 2.80. The summed E-state index contributed by atoms with van der Waals surface area (Å²) < 4.78 is 1.92. The highest BCUT2D eigenvalue weighted by Gasteiger charge is 2.11. The monoisotopic (exact) mass is 229 g/mol. The smallest absolute Gasteiger partial charge is 0.0571 e. The fraction of sp³-hybridized carbons (Fsp3) is 0.357. The molecule has 0 saturated heterocycles. The van der Waals surface area contributed by atoms with Gasteiger partial charge in [0.1, 0.15) is 0 Å². The Hall–Kier alpha value is -1.61. The van der Waals surface area contributed by atoms with E-state index in [2.05, 4.69) is 37.1 Å². The van der Waals surface area contributed by atoms with Gasteiger partial charge in [-0.1, -0.05) is 23.8 Å². The third-order valence-electron chi connectivity index (χ3n) is 3.13. The first kappa shape index (κ1) is 11.9. The van der Waals surface area contributed by atoms with E-state index in [-0.39, 0.29) is 0 Å². The van der Waals surface area contributed by atoms with E-state index in [9.17, 15) is 0 Å². The molecule has 2 N–H and O–H groups in total. The molecule has 0 aliphatic carbocycles. The lowest BCUT2D eigenvalue weighted by Gasteiger charge is -2.09. The normalized spacial score (nSPS) is 10.8. The summed E-state index contributed by atoms with van der Waals surface area (Å²) >= 11 is 0. The molecular weight excluding hydrogens is 210 g/mol. The Labute approximate surface area is 102 Å². The Morgan fingerprint density at radius 3 is 2.71 bits per heavy atom. The molecule has 0 unspecified atom stereocenters. The molecule has 0 spiro atoms. The van der Waals surface area contributed by atoms with Crippen molar-refractivity contribution in [2.45, 2.75) is 20.3 Å². The Kier molecular flexibility index (Phi) is 3.29. The Morgan fingerprint density at radius 1 is 1.24 bits per heavy atom. The minimum absolute atomic E-state index is 0.650. The van der Waals surface area contributed by atoms with E-state index in [0.29, 0.717) is 6.54 Å². The molecule has 0 saturated carbocycles. The van der Waals surface area contributed by atoms with Gasteiger partial charge in [0.15, 0.2) is 0 Å². The molecule has 0 aliphatic heterocycles. The zero-order valence-electron chi connectivity index (χ0n) is 10.7. The van der Waals surface area contributed by atoms with Crippen molar-refractivity contribution in [2.24, 2.45) is 12.8 Å². The van der Waals surface area contributed by atoms with Crippen molar-refractivity contribution < 1.29 is 0 Å². The molecule has 17 heavy (non-hydrogen) atoms. The maximum atomic E-state index is 5.66. The van der Waals surface area contributed by atoms with Gasteiger partial charge in [-0.05, 0) is 31.5 Å². The molecule has 3 heteroatoms. The van der Waals surface area contributed by atoms with Crippen molar-refractivity contribution in [3.05, 3.63) is 41.2 Å². The number of hydrogen-bond donors (Lipinski definition) is 1. The van der Waals surface area contributed by atoms with Crippen molar-refractivity contribution in [2.75, 3.05) is 6.54 Å². The van der Waals surface area contributed by atoms with Crippen molar-refractivity contribution in [3.63, 3.8) is 0 Å². The summed E-state index contributed by atoms with van der Waals surface area (Å²) in [5.41, 5.74) is 11.9. The highest BCUT2D eigenvalue weighted by atomic mass is 15.3. The summed E-state index contributed by atoms with van der Waals surface area (Å²) in [5, 5.41) is 4.34. The molecule has 2 aromatic rings. The average molecular weight is 229 g/mol. The predicted octanol–water partition coefficient (Wildman–Crippen LogP) is 2.21. The standard InChI is InChI=1S/C14H19N3/c1-10-4-5-11(2)12(8-10)13-9-16-17(3)14(13)6-7-15/h4-5,8-9H,6-7,15H2,1-3H3. The van der Waals surface area contributed by atoms with Crippen molar-refractivity contribution in [1.82, 2.24) is 9.78 Å². The summed E-state index contributed by atoms with van der Waals surface area (Å²) in [4.78, 5) is 0. The van der Waals surface area contributed by atoms with Crippen molar-refractivity contribution in [3.8, 4) is 11.1 Å². The van der Waals surface area contributed by atoms with Crippen LogP contribution in [0.25, 0.3) is 11.1 Å². The largest absolute Gasteiger partial charge is 0.330 e. The molecule has 0 aliphatic rings. The minimum Gasteiger partial charge on any atom is -0.330 e. The first-order valence-electron chi connectivity index (χ1n) is 5.92. The fourth-order valence-corrected chi connectivity index (χ4v) is 2.15. The predicted molar refractivity (Wildman–Crippen MR) is 70.9 cm³/mol. The van der Waals surface area contributed by atoms with Crippen LogP contribution < -0.4 is 5.73 Å². The first-order valence-corrected chi connectivity index (χ1v) is 5.92. The van der Waals surface area contributed by atoms with Crippen LogP contribution >= 0.6 is 0 Å². The van der Waals surface area contributed by atoms with Gasteiger partial charge in [-0.15, -0.1) is 0 Å². The average Bonchev–Trinajstić information content (AvgIpc) is 2.65. The van der Waals surface area contributed by atoms with Gasteiger partial charge in [0, 0.05) is 24.7 Å². The van der Waals surface area contributed by atoms with Crippen LogP contribution in [0.5, 0.6) is 0 Å². The van der Waals surface area contributed by atoms with Gasteiger partial charge in [-0.2, -0.15) is 5.10 Å². The highest BCUT2D eigenvalue weighted by Crippen LogP contribution is 2.27. The summed E-state index contributed by atoms with van der Waals surface area (Å²) in [5.74, 6) is 0. The number of aromatic nitrogens is 2. The lowest BCUT2D eigenvalue weighted by atomic mass is 9.98. The number of benzene rings is 1. The molecule has 0 atom stereocenters. The van der Waals surface area contributed by atoms with Crippen LogP contribution in [-0.2, 0) is 13.5 Å². The molecule has 90 valence electrons. The first-order chi connectivity index (χ1) is 8.13. The van der Waals surface area contributed by atoms with E-state index in [1.54, 1.807) is 0 Å². The molecule has 0 bridgehead atoms. The number of rotatable bonds is 3. The fourth-order valence-electron chi connectivity index (χ4n) is 2.15. The van der Waals surface area contributed by atoms with E-state index in [1.807, 2.05) is 17.9 Å². The van der Waals surface area contributed by atoms with E-state index < -0.39 is 0 Å². The summed E-state index contributed by atoms with van der Waals surface area (Å²) in [7, 11) is 1.97. The molecule has 0 amide bonds. The van der Waals surface area contributed by atoms with Crippen LogP contribution in [0.1, 0.15) is 16.8 Å². The minimum atomic E-state index is 0.650. The van der Waals surface area contributed by atoms with Crippen LogP contribution in [0.2, 0.25) is 0 Å². The van der Waals surface area contributed by atoms with Gasteiger partial charge < -0.3 is 5.73 Å². The molecule has 1 aromatic heterocycles. The van der Waals surface area contributed by atoms with E-state index in [0.717, 1.165) is 6.42 Å². The van der Waals surface area contributed by atoms with Gasteiger partial charge in [0.25, 0.3) is 0 Å². The van der Waals surface area contributed by atoms with Crippen LogP contribution in [0.3, 0.4) is 0 Å². The second-order valence-corrected chi connectivity index (χ2v) is 4.49. The van der Waals surface area contributed by atoms with Crippen molar-refractivity contribution in [1.29, 1.82) is 0 Å². The van der Waals surface area contributed by atoms with Gasteiger partial charge in [0.05, 0.1) is 6.20 Å². The van der Waals surface area contributed by atoms with Gasteiger partial charge in [-0.3, -0.25) is 4.68 Å². The lowest BCUT2D eigenvalue weighted by Crippen LogP contribution is -2.08. The quantitative estimate of drug-likeness (QED) is 0.877. The lowest BCUT2D eigenvalue weighted by molar-refractivity contribution is 0.707. The maximum Gasteiger partial charge on any atom is 0.0571 e. The third-order valence-corrected chi connectivity index (χ3v) is 3.13. The third kappa shape index (κ3) is 2.24. The zero-order valence-corrected chi connectivity index (χ0v) is 10.7. The zero-order chi connectivity index (χ0) is 12.4. The van der Waals surface area contributed by atoms with Gasteiger partial charge >= 0.3 is 0 Å². The molecule has 2 rings (SSSR count). The van der Waals surface area contributed by atoms with Crippen LogP contribution in [0.4, 0.5) is 0 Å². The Balaban J connectivity index is 2.56. The molecule has 0 radical (unpaired) electrons. The van der Waals surface area contributed by atoms with Crippen LogP contribution in [-0.4, -0.2) is 16.3 Å². The second-order valence-electron chi connectivity index (χ2n) is 4.49. The molecule has 0 fully saturated rings. The van der Waals surface area contributed by atoms with Gasteiger partial charge in [-0.25, -0.2) is 0 Å². The summed E-state index contributed by atoms with van der Waals surface area (Å²) in [6, 6.07) is 6.51. The molecule has 1 heterocycles. The molecule has 1 aromatic carbocycles. The molecule has 3 nitrogen and oxygen atoms in total.